The van der Waals surface area contributed by atoms with Crippen LogP contribution in [0.4, 0.5) is 17.5 Å². The molecule has 0 unspecified atom stereocenters. The topological polar surface area (TPSA) is 82.6 Å². The molecule has 1 fully saturated rings. The largest absolute Gasteiger partial charge is 0.497 e. The summed E-state index contributed by atoms with van der Waals surface area (Å²) in [6.45, 7) is 2.34. The van der Waals surface area contributed by atoms with E-state index in [0.29, 0.717) is 18.5 Å². The average Bonchev–Trinajstić information content (AvgIpc) is 2.76. The van der Waals surface area contributed by atoms with Crippen molar-refractivity contribution in [1.82, 2.24) is 15.3 Å². The summed E-state index contributed by atoms with van der Waals surface area (Å²) in [6.07, 6.45) is 5.71. The molecule has 3 rings (SSSR count). The first-order valence-corrected chi connectivity index (χ1v) is 10.8. The third-order valence-electron chi connectivity index (χ3n) is 5.69. The van der Waals surface area contributed by atoms with Gasteiger partial charge in [0.2, 0.25) is 11.9 Å². The van der Waals surface area contributed by atoms with E-state index in [1.165, 1.54) is 0 Å². The summed E-state index contributed by atoms with van der Waals surface area (Å²) >= 11 is 0. The summed E-state index contributed by atoms with van der Waals surface area (Å²) in [5.74, 6) is 2.45. The maximum absolute atomic E-state index is 12.5. The van der Waals surface area contributed by atoms with Gasteiger partial charge in [-0.2, -0.15) is 4.98 Å². The van der Waals surface area contributed by atoms with Gasteiger partial charge in [-0.25, -0.2) is 4.98 Å². The van der Waals surface area contributed by atoms with Crippen LogP contribution in [0.2, 0.25) is 0 Å². The first-order valence-electron chi connectivity index (χ1n) is 10.8. The zero-order valence-corrected chi connectivity index (χ0v) is 19.2. The number of rotatable bonds is 8. The lowest BCUT2D eigenvalue weighted by Gasteiger charge is -2.30. The number of likely N-dealkylation sites (N-methyl/N-ethyl adjacent to an activating group) is 1. The first-order chi connectivity index (χ1) is 14.9. The summed E-state index contributed by atoms with van der Waals surface area (Å²) < 4.78 is 5.19. The van der Waals surface area contributed by atoms with Crippen molar-refractivity contribution < 1.29 is 9.53 Å². The number of nitrogens with one attached hydrogen (secondary N) is 2. The minimum Gasteiger partial charge on any atom is -0.497 e. The molecule has 1 aliphatic rings. The molecule has 1 saturated carbocycles. The van der Waals surface area contributed by atoms with Crippen molar-refractivity contribution in [2.45, 2.75) is 44.7 Å². The number of carbonyl (C=O) groups excluding carboxylic acids is 1. The molecule has 1 aromatic heterocycles. The maximum Gasteiger partial charge on any atom is 0.239 e. The van der Waals surface area contributed by atoms with E-state index < -0.39 is 0 Å². The number of nitrogens with zero attached hydrogens (tertiary/aromatic N) is 4. The Labute approximate surface area is 185 Å². The second kappa shape index (κ2) is 10.3. The highest BCUT2D eigenvalue weighted by Crippen LogP contribution is 2.23. The molecular weight excluding hydrogens is 392 g/mol. The van der Waals surface area contributed by atoms with Crippen LogP contribution in [0.3, 0.4) is 0 Å². The van der Waals surface area contributed by atoms with Crippen LogP contribution in [0.5, 0.6) is 5.75 Å². The highest BCUT2D eigenvalue weighted by Gasteiger charge is 2.23. The molecular formula is C23H34N6O2. The summed E-state index contributed by atoms with van der Waals surface area (Å²) in [7, 11) is 7.54. The number of amides is 1. The molecule has 2 aromatic rings. The van der Waals surface area contributed by atoms with Crippen molar-refractivity contribution in [2.24, 2.45) is 0 Å². The van der Waals surface area contributed by atoms with Crippen molar-refractivity contribution in [2.75, 3.05) is 49.9 Å². The van der Waals surface area contributed by atoms with Gasteiger partial charge in [-0.3, -0.25) is 4.79 Å². The molecule has 8 heteroatoms. The molecule has 0 aliphatic heterocycles. The third-order valence-corrected chi connectivity index (χ3v) is 5.69. The van der Waals surface area contributed by atoms with Crippen molar-refractivity contribution in [3.63, 3.8) is 0 Å². The summed E-state index contributed by atoms with van der Waals surface area (Å²) in [6, 6.07) is 8.25. The quantitative estimate of drug-likeness (QED) is 0.672. The molecule has 0 atom stereocenters. The Kier molecular flexibility index (Phi) is 7.55. The van der Waals surface area contributed by atoms with E-state index >= 15 is 0 Å². The van der Waals surface area contributed by atoms with Crippen molar-refractivity contribution in [3.8, 4) is 5.75 Å². The van der Waals surface area contributed by atoms with Crippen LogP contribution in [-0.4, -0.2) is 62.8 Å². The van der Waals surface area contributed by atoms with Gasteiger partial charge in [0, 0.05) is 50.7 Å². The summed E-state index contributed by atoms with van der Waals surface area (Å²) in [5, 5.41) is 6.65. The van der Waals surface area contributed by atoms with Gasteiger partial charge < -0.3 is 25.2 Å². The lowest BCUT2D eigenvalue weighted by Crippen LogP contribution is -2.44. The molecule has 0 bridgehead atoms. The third kappa shape index (κ3) is 6.23. The zero-order valence-electron chi connectivity index (χ0n) is 19.2. The van der Waals surface area contributed by atoms with E-state index in [2.05, 4.69) is 20.6 Å². The van der Waals surface area contributed by atoms with Gasteiger partial charge in [-0.1, -0.05) is 0 Å². The van der Waals surface area contributed by atoms with Crippen LogP contribution in [0.1, 0.15) is 31.2 Å². The lowest BCUT2D eigenvalue weighted by molar-refractivity contribution is -0.120. The van der Waals surface area contributed by atoms with Crippen LogP contribution in [-0.2, 0) is 4.79 Å². The van der Waals surface area contributed by atoms with Gasteiger partial charge in [-0.15, -0.1) is 0 Å². The molecule has 1 amide bonds. The summed E-state index contributed by atoms with van der Waals surface area (Å²) in [4.78, 5) is 25.5. The second-order valence-electron chi connectivity index (χ2n) is 8.41. The number of hydrogen-bond donors (Lipinski definition) is 2. The molecule has 1 heterocycles. The Morgan fingerprint density at radius 2 is 1.74 bits per heavy atom. The lowest BCUT2D eigenvalue weighted by atomic mass is 9.91. The number of hydrogen-bond acceptors (Lipinski definition) is 7. The number of anilines is 3. The van der Waals surface area contributed by atoms with Gasteiger partial charge in [0.05, 0.1) is 13.7 Å². The van der Waals surface area contributed by atoms with E-state index in [1.54, 1.807) is 7.11 Å². The second-order valence-corrected chi connectivity index (χ2v) is 8.41. The van der Waals surface area contributed by atoms with Crippen LogP contribution >= 0.6 is 0 Å². The minimum absolute atomic E-state index is 0.0484. The van der Waals surface area contributed by atoms with Crippen molar-refractivity contribution in [1.29, 1.82) is 0 Å². The Balaban J connectivity index is 1.44. The smallest absolute Gasteiger partial charge is 0.239 e. The number of benzene rings is 1. The van der Waals surface area contributed by atoms with Gasteiger partial charge in [0.1, 0.15) is 11.6 Å². The van der Waals surface area contributed by atoms with E-state index in [4.69, 9.17) is 4.74 Å². The summed E-state index contributed by atoms with van der Waals surface area (Å²) in [5.41, 5.74) is 2.04. The fourth-order valence-electron chi connectivity index (χ4n) is 3.94. The number of aryl methyl sites for hydroxylation is 1. The SMILES string of the molecule is COc1ccc(N(C)CC(=O)N[C@H]2CC[C@@H](Nc3ncc(C)c(N(C)C)n3)CC2)cc1. The fraction of sp³-hybridized carbons (Fsp3) is 0.522. The minimum atomic E-state index is 0.0484. The molecule has 1 aliphatic carbocycles. The fourth-order valence-corrected chi connectivity index (χ4v) is 3.94. The van der Waals surface area contributed by atoms with E-state index in [1.807, 2.05) is 68.3 Å². The molecule has 1 aromatic carbocycles. The monoisotopic (exact) mass is 426 g/mol. The number of methoxy groups -OCH3 is 1. The zero-order chi connectivity index (χ0) is 22.4. The molecule has 0 saturated heterocycles. The van der Waals surface area contributed by atoms with Crippen LogP contribution in [0.15, 0.2) is 30.5 Å². The Morgan fingerprint density at radius 3 is 2.35 bits per heavy atom. The highest BCUT2D eigenvalue weighted by atomic mass is 16.5. The Bertz CT molecular complexity index is 863. The molecule has 168 valence electrons. The maximum atomic E-state index is 12.5. The van der Waals surface area contributed by atoms with Gasteiger partial charge in [-0.05, 0) is 56.9 Å². The van der Waals surface area contributed by atoms with Gasteiger partial charge >= 0.3 is 0 Å². The average molecular weight is 427 g/mol. The molecule has 2 N–H and O–H groups in total. The first kappa shape index (κ1) is 22.7. The number of carbonyl (C=O) groups is 1. The predicted octanol–water partition coefficient (Wildman–Crippen LogP) is 2.84. The van der Waals surface area contributed by atoms with Crippen LogP contribution in [0, 0.1) is 6.92 Å². The molecule has 8 nitrogen and oxygen atoms in total. The molecule has 31 heavy (non-hydrogen) atoms. The molecule has 0 spiro atoms. The standard InChI is InChI=1S/C23H34N6O2/c1-16-14-24-23(27-22(16)28(2)3)26-18-8-6-17(7-9-18)25-21(30)15-29(4)19-10-12-20(31-5)13-11-19/h10-14,17-18H,6-9,15H2,1-5H3,(H,25,30)(H,24,26,27)/t17-,18+. The Morgan fingerprint density at radius 1 is 1.10 bits per heavy atom. The van der Waals surface area contributed by atoms with E-state index in [-0.39, 0.29) is 11.9 Å². The number of ether oxygens (including phenoxy) is 1. The van der Waals surface area contributed by atoms with E-state index in [9.17, 15) is 4.79 Å². The van der Waals surface area contributed by atoms with Gasteiger partial charge in [0.15, 0.2) is 0 Å². The molecule has 0 radical (unpaired) electrons. The Hall–Kier alpha value is -3.03. The van der Waals surface area contributed by atoms with Crippen LogP contribution in [0.25, 0.3) is 0 Å². The predicted molar refractivity (Wildman–Crippen MR) is 125 cm³/mol. The normalized spacial score (nSPS) is 18.2. The highest BCUT2D eigenvalue weighted by molar-refractivity contribution is 5.81. The van der Waals surface area contributed by atoms with Crippen molar-refractivity contribution >= 4 is 23.4 Å². The van der Waals surface area contributed by atoms with Gasteiger partial charge in [0.25, 0.3) is 0 Å². The van der Waals surface area contributed by atoms with Crippen molar-refractivity contribution in [3.05, 3.63) is 36.0 Å². The van der Waals surface area contributed by atoms with Crippen LogP contribution < -0.4 is 25.2 Å². The van der Waals surface area contributed by atoms with E-state index in [0.717, 1.165) is 48.5 Å². The number of aromatic nitrogens is 2.